The summed E-state index contributed by atoms with van der Waals surface area (Å²) in [6, 6.07) is 15.7. The van der Waals surface area contributed by atoms with E-state index in [4.69, 9.17) is 25.8 Å². The number of H-pyrrole nitrogens is 1. The third kappa shape index (κ3) is 5.76. The first kappa shape index (κ1) is 24.6. The summed E-state index contributed by atoms with van der Waals surface area (Å²) in [6.07, 6.45) is 2.59. The summed E-state index contributed by atoms with van der Waals surface area (Å²) in [5.41, 5.74) is 3.34. The fraction of sp³-hybridized carbons (Fsp3) is 0.115. The summed E-state index contributed by atoms with van der Waals surface area (Å²) in [5.74, 6) is 1.25. The van der Waals surface area contributed by atoms with Crippen LogP contribution >= 0.6 is 11.6 Å². The Labute approximate surface area is 212 Å². The summed E-state index contributed by atoms with van der Waals surface area (Å²) in [5, 5.41) is 5.76. The molecule has 0 aliphatic rings. The molecule has 0 bridgehead atoms. The number of nitrogens with zero attached hydrogens (tertiary/aromatic N) is 1. The van der Waals surface area contributed by atoms with E-state index in [0.29, 0.717) is 33.7 Å². The molecule has 0 spiro atoms. The quantitative estimate of drug-likeness (QED) is 0.291. The molecule has 9 nitrogen and oxygen atoms in total. The van der Waals surface area contributed by atoms with Crippen molar-refractivity contribution in [1.82, 2.24) is 15.3 Å². The number of amides is 2. The van der Waals surface area contributed by atoms with Crippen LogP contribution < -0.4 is 24.8 Å². The van der Waals surface area contributed by atoms with Gasteiger partial charge in [0.25, 0.3) is 5.91 Å². The molecule has 0 unspecified atom stereocenters. The van der Waals surface area contributed by atoms with E-state index >= 15 is 0 Å². The number of methoxy groups -OCH3 is 1. The Hall–Kier alpha value is -4.50. The standard InChI is InChI=1S/C26H23ClN4O5/c1-15-9-21(23(34-3)13-20(15)27)31-25(32)22-11-17(14-30-22)16-5-4-6-18(10-16)35-19-7-8-29-24(12-19)36-26(33)28-2/h4-14,30H,1-3H3,(H,28,33)(H,31,32). The zero-order valence-electron chi connectivity index (χ0n) is 19.7. The Morgan fingerprint density at radius 1 is 1.03 bits per heavy atom. The van der Waals surface area contributed by atoms with Gasteiger partial charge in [-0.1, -0.05) is 23.7 Å². The predicted octanol–water partition coefficient (Wildman–Crippen LogP) is 5.81. The number of hydrogen-bond donors (Lipinski definition) is 3. The third-order valence-corrected chi connectivity index (χ3v) is 5.57. The van der Waals surface area contributed by atoms with Crippen molar-refractivity contribution < 1.29 is 23.8 Å². The lowest BCUT2D eigenvalue weighted by Crippen LogP contribution is -2.22. The molecule has 0 saturated heterocycles. The summed E-state index contributed by atoms with van der Waals surface area (Å²) in [4.78, 5) is 31.3. The number of benzene rings is 2. The number of nitrogens with one attached hydrogen (secondary N) is 3. The van der Waals surface area contributed by atoms with Crippen LogP contribution in [0.15, 0.2) is 67.0 Å². The number of aromatic nitrogens is 2. The molecule has 2 aromatic heterocycles. The highest BCUT2D eigenvalue weighted by Gasteiger charge is 2.14. The first-order valence-corrected chi connectivity index (χ1v) is 11.2. The van der Waals surface area contributed by atoms with E-state index in [1.54, 1.807) is 36.5 Å². The van der Waals surface area contributed by atoms with Crippen molar-refractivity contribution in [2.75, 3.05) is 19.5 Å². The third-order valence-electron chi connectivity index (χ3n) is 5.17. The van der Waals surface area contributed by atoms with Gasteiger partial charge in [-0.2, -0.15) is 0 Å². The lowest BCUT2D eigenvalue weighted by Gasteiger charge is -2.11. The van der Waals surface area contributed by atoms with Crippen LogP contribution in [0.3, 0.4) is 0 Å². The molecule has 10 heteroatoms. The normalized spacial score (nSPS) is 10.4. The number of carbonyl (C=O) groups excluding carboxylic acids is 2. The largest absolute Gasteiger partial charge is 0.495 e. The highest BCUT2D eigenvalue weighted by Crippen LogP contribution is 2.32. The number of halogens is 1. The summed E-state index contributed by atoms with van der Waals surface area (Å²) in [7, 11) is 2.97. The molecule has 2 aromatic carbocycles. The highest BCUT2D eigenvalue weighted by molar-refractivity contribution is 6.31. The molecule has 3 N–H and O–H groups in total. The molecular formula is C26H23ClN4O5. The summed E-state index contributed by atoms with van der Waals surface area (Å²) in [6.45, 7) is 1.85. The van der Waals surface area contributed by atoms with Crippen molar-refractivity contribution in [1.29, 1.82) is 0 Å². The second-order valence-corrected chi connectivity index (χ2v) is 8.06. The van der Waals surface area contributed by atoms with Gasteiger partial charge in [-0.25, -0.2) is 9.78 Å². The molecule has 0 saturated carbocycles. The summed E-state index contributed by atoms with van der Waals surface area (Å²) < 4.78 is 16.3. The molecule has 0 radical (unpaired) electrons. The molecule has 0 fully saturated rings. The first-order chi connectivity index (χ1) is 17.4. The Morgan fingerprint density at radius 2 is 1.83 bits per heavy atom. The molecule has 2 amide bonds. The van der Waals surface area contributed by atoms with E-state index in [9.17, 15) is 9.59 Å². The minimum atomic E-state index is -0.626. The number of aromatic amines is 1. The summed E-state index contributed by atoms with van der Waals surface area (Å²) >= 11 is 6.15. The van der Waals surface area contributed by atoms with Crippen molar-refractivity contribution in [3.63, 3.8) is 0 Å². The number of aryl methyl sites for hydroxylation is 1. The van der Waals surface area contributed by atoms with Gasteiger partial charge < -0.3 is 29.8 Å². The van der Waals surface area contributed by atoms with E-state index in [2.05, 4.69) is 20.6 Å². The van der Waals surface area contributed by atoms with Gasteiger partial charge in [0.05, 0.1) is 12.8 Å². The minimum Gasteiger partial charge on any atom is -0.495 e. The topological polar surface area (TPSA) is 115 Å². The van der Waals surface area contributed by atoms with E-state index in [1.165, 1.54) is 26.4 Å². The predicted molar refractivity (Wildman–Crippen MR) is 136 cm³/mol. The minimum absolute atomic E-state index is 0.108. The smallest absolute Gasteiger partial charge is 0.413 e. The monoisotopic (exact) mass is 506 g/mol. The Balaban J connectivity index is 1.49. The molecule has 0 aliphatic heterocycles. The average Bonchev–Trinajstić information content (AvgIpc) is 3.37. The van der Waals surface area contributed by atoms with Crippen molar-refractivity contribution in [3.05, 3.63) is 83.3 Å². The Bertz CT molecular complexity index is 1420. The fourth-order valence-electron chi connectivity index (χ4n) is 3.34. The molecular weight excluding hydrogens is 484 g/mol. The van der Waals surface area contributed by atoms with E-state index < -0.39 is 6.09 Å². The van der Waals surface area contributed by atoms with Gasteiger partial charge in [-0.05, 0) is 48.4 Å². The van der Waals surface area contributed by atoms with Crippen LogP contribution in [0.1, 0.15) is 16.1 Å². The van der Waals surface area contributed by atoms with E-state index in [0.717, 1.165) is 16.7 Å². The number of anilines is 1. The average molecular weight is 507 g/mol. The number of pyridine rings is 1. The number of carbonyl (C=O) groups is 2. The number of ether oxygens (including phenoxy) is 3. The van der Waals surface area contributed by atoms with Crippen molar-refractivity contribution >= 4 is 29.3 Å². The van der Waals surface area contributed by atoms with Crippen LogP contribution in [0, 0.1) is 6.92 Å². The van der Waals surface area contributed by atoms with Crippen molar-refractivity contribution in [3.8, 4) is 34.3 Å². The molecule has 4 rings (SSSR count). The molecule has 4 aromatic rings. The lowest BCUT2D eigenvalue weighted by atomic mass is 10.1. The molecule has 184 valence electrons. The zero-order valence-corrected chi connectivity index (χ0v) is 20.5. The second kappa shape index (κ2) is 10.8. The van der Waals surface area contributed by atoms with Crippen LogP contribution in [0.25, 0.3) is 11.1 Å². The molecule has 0 aliphatic carbocycles. The fourth-order valence-corrected chi connectivity index (χ4v) is 3.50. The van der Waals surface area contributed by atoms with Crippen LogP contribution in [0.2, 0.25) is 5.02 Å². The van der Waals surface area contributed by atoms with Crippen LogP contribution in [-0.4, -0.2) is 36.1 Å². The van der Waals surface area contributed by atoms with Crippen LogP contribution in [0.5, 0.6) is 23.1 Å². The van der Waals surface area contributed by atoms with E-state index in [1.807, 2.05) is 25.1 Å². The van der Waals surface area contributed by atoms with Crippen molar-refractivity contribution in [2.45, 2.75) is 6.92 Å². The Morgan fingerprint density at radius 3 is 2.61 bits per heavy atom. The van der Waals surface area contributed by atoms with Gasteiger partial charge >= 0.3 is 6.09 Å². The van der Waals surface area contributed by atoms with Gasteiger partial charge in [0.15, 0.2) is 0 Å². The highest BCUT2D eigenvalue weighted by atomic mass is 35.5. The number of rotatable bonds is 7. The van der Waals surface area contributed by atoms with Gasteiger partial charge in [0.1, 0.15) is 22.9 Å². The lowest BCUT2D eigenvalue weighted by molar-refractivity contribution is 0.102. The molecule has 0 atom stereocenters. The van der Waals surface area contributed by atoms with Gasteiger partial charge in [0.2, 0.25) is 5.88 Å². The molecule has 2 heterocycles. The van der Waals surface area contributed by atoms with Crippen LogP contribution in [-0.2, 0) is 0 Å². The Kier molecular flexibility index (Phi) is 7.41. The maximum Gasteiger partial charge on any atom is 0.413 e. The first-order valence-electron chi connectivity index (χ1n) is 10.8. The van der Waals surface area contributed by atoms with Crippen molar-refractivity contribution in [2.24, 2.45) is 0 Å². The maximum absolute atomic E-state index is 12.9. The van der Waals surface area contributed by atoms with Gasteiger partial charge in [-0.15, -0.1) is 0 Å². The zero-order chi connectivity index (χ0) is 25.7. The van der Waals surface area contributed by atoms with Gasteiger partial charge in [-0.3, -0.25) is 4.79 Å². The van der Waals surface area contributed by atoms with E-state index in [-0.39, 0.29) is 11.8 Å². The maximum atomic E-state index is 12.9. The number of hydrogen-bond acceptors (Lipinski definition) is 6. The molecule has 36 heavy (non-hydrogen) atoms. The SMILES string of the molecule is CNC(=O)Oc1cc(Oc2cccc(-c3c[nH]c(C(=O)Nc4cc(C)c(Cl)cc4OC)c3)c2)ccn1. The van der Waals surface area contributed by atoms with Crippen LogP contribution in [0.4, 0.5) is 10.5 Å². The second-order valence-electron chi connectivity index (χ2n) is 7.66. The van der Waals surface area contributed by atoms with Gasteiger partial charge in [0, 0.05) is 42.2 Å².